The molecule has 2 N–H and O–H groups in total. The summed E-state index contributed by atoms with van der Waals surface area (Å²) >= 11 is 0. The van der Waals surface area contributed by atoms with Crippen LogP contribution in [0.15, 0.2) is 54.6 Å². The van der Waals surface area contributed by atoms with Crippen LogP contribution in [0.2, 0.25) is 0 Å². The van der Waals surface area contributed by atoms with Crippen molar-refractivity contribution in [3.8, 4) is 11.5 Å². The van der Waals surface area contributed by atoms with Crippen molar-refractivity contribution in [1.82, 2.24) is 0 Å². The molecule has 0 aliphatic heterocycles. The number of rotatable bonds is 0. The molecule has 4 rings (SSSR count). The van der Waals surface area contributed by atoms with Crippen molar-refractivity contribution in [2.75, 3.05) is 0 Å². The molecule has 4 aromatic rings. The second-order valence-electron chi connectivity index (χ2n) is 5.49. The van der Waals surface area contributed by atoms with Gasteiger partial charge < -0.3 is 10.2 Å². The molecule has 4 aromatic carbocycles. The van der Waals surface area contributed by atoms with E-state index in [2.05, 4.69) is 19.1 Å². The molecule has 0 unspecified atom stereocenters. The molecule has 0 spiro atoms. The van der Waals surface area contributed by atoms with Crippen LogP contribution in [0.4, 0.5) is 0 Å². The van der Waals surface area contributed by atoms with Crippen LogP contribution in [0, 0.1) is 6.92 Å². The normalized spacial score (nSPS) is 11.5. The number of fused-ring (bicyclic) bond motifs is 5. The molecule has 0 saturated heterocycles. The van der Waals surface area contributed by atoms with Gasteiger partial charge in [0.2, 0.25) is 0 Å². The van der Waals surface area contributed by atoms with E-state index in [4.69, 9.17) is 0 Å². The zero-order chi connectivity index (χ0) is 14.6. The highest BCUT2D eigenvalue weighted by Crippen LogP contribution is 2.35. The average Bonchev–Trinajstić information content (AvgIpc) is 2.47. The molecule has 2 nitrogen and oxygen atoms in total. The van der Waals surface area contributed by atoms with Gasteiger partial charge in [0.15, 0.2) is 0 Å². The third kappa shape index (κ3) is 1.73. The van der Waals surface area contributed by atoms with Gasteiger partial charge in [0.1, 0.15) is 11.5 Å². The first kappa shape index (κ1) is 12.0. The SMILES string of the molecule is Cc1cc2c3ccc(O)cc3ccc2c2ccc(O)cc12. The average molecular weight is 274 g/mol. The first-order chi connectivity index (χ1) is 10.1. The topological polar surface area (TPSA) is 40.5 Å². The first-order valence-electron chi connectivity index (χ1n) is 6.91. The van der Waals surface area contributed by atoms with Gasteiger partial charge in [0.05, 0.1) is 0 Å². The maximum Gasteiger partial charge on any atom is 0.116 e. The Morgan fingerprint density at radius 3 is 2.00 bits per heavy atom. The number of phenolic OH excluding ortho intramolecular Hbond substituents is 2. The Morgan fingerprint density at radius 2 is 1.19 bits per heavy atom. The van der Waals surface area contributed by atoms with Crippen LogP contribution in [-0.4, -0.2) is 10.2 Å². The van der Waals surface area contributed by atoms with E-state index in [1.807, 2.05) is 24.3 Å². The van der Waals surface area contributed by atoms with Crippen molar-refractivity contribution in [2.45, 2.75) is 6.92 Å². The Kier molecular flexibility index (Phi) is 2.36. The monoisotopic (exact) mass is 274 g/mol. The van der Waals surface area contributed by atoms with Crippen LogP contribution >= 0.6 is 0 Å². The highest BCUT2D eigenvalue weighted by atomic mass is 16.3. The molecule has 0 fully saturated rings. The van der Waals surface area contributed by atoms with Gasteiger partial charge >= 0.3 is 0 Å². The van der Waals surface area contributed by atoms with E-state index >= 15 is 0 Å². The van der Waals surface area contributed by atoms with Crippen molar-refractivity contribution in [3.63, 3.8) is 0 Å². The van der Waals surface area contributed by atoms with Crippen molar-refractivity contribution in [1.29, 1.82) is 0 Å². The first-order valence-corrected chi connectivity index (χ1v) is 6.91. The van der Waals surface area contributed by atoms with Crippen molar-refractivity contribution >= 4 is 32.3 Å². The van der Waals surface area contributed by atoms with Gasteiger partial charge in [0, 0.05) is 0 Å². The van der Waals surface area contributed by atoms with E-state index in [9.17, 15) is 10.2 Å². The Morgan fingerprint density at radius 1 is 0.571 bits per heavy atom. The van der Waals surface area contributed by atoms with Crippen molar-refractivity contribution in [2.24, 2.45) is 0 Å². The molecule has 0 aromatic heterocycles. The molecule has 0 bridgehead atoms. The van der Waals surface area contributed by atoms with Crippen molar-refractivity contribution in [3.05, 3.63) is 60.2 Å². The summed E-state index contributed by atoms with van der Waals surface area (Å²) in [6.45, 7) is 2.06. The zero-order valence-corrected chi connectivity index (χ0v) is 11.6. The Bertz CT molecular complexity index is 1020. The summed E-state index contributed by atoms with van der Waals surface area (Å²) in [5.74, 6) is 0.569. The van der Waals surface area contributed by atoms with Gasteiger partial charge in [-0.15, -0.1) is 0 Å². The van der Waals surface area contributed by atoms with Crippen LogP contribution in [0.1, 0.15) is 5.56 Å². The summed E-state index contributed by atoms with van der Waals surface area (Å²) in [6, 6.07) is 17.2. The molecular formula is C19H14O2. The van der Waals surface area contributed by atoms with E-state index < -0.39 is 0 Å². The van der Waals surface area contributed by atoms with E-state index in [0.717, 1.165) is 32.5 Å². The summed E-state index contributed by atoms with van der Waals surface area (Å²) < 4.78 is 0. The van der Waals surface area contributed by atoms with Gasteiger partial charge in [-0.1, -0.05) is 30.3 Å². The summed E-state index contributed by atoms with van der Waals surface area (Å²) in [5, 5.41) is 26.0. The number of hydrogen-bond acceptors (Lipinski definition) is 2. The van der Waals surface area contributed by atoms with E-state index in [0.29, 0.717) is 0 Å². The number of aryl methyl sites for hydroxylation is 1. The predicted octanol–water partition coefficient (Wildman–Crippen LogP) is 4.87. The second kappa shape index (κ2) is 4.13. The lowest BCUT2D eigenvalue weighted by molar-refractivity contribution is 0.475. The zero-order valence-electron chi connectivity index (χ0n) is 11.6. The maximum absolute atomic E-state index is 9.70. The molecule has 0 aliphatic rings. The minimum Gasteiger partial charge on any atom is -0.508 e. The Labute approximate surface area is 121 Å². The lowest BCUT2D eigenvalue weighted by Gasteiger charge is -2.11. The number of aromatic hydroxyl groups is 2. The minimum atomic E-state index is 0.282. The molecule has 0 aliphatic carbocycles. The van der Waals surface area contributed by atoms with Gasteiger partial charge in [-0.3, -0.25) is 0 Å². The van der Waals surface area contributed by atoms with Crippen LogP contribution < -0.4 is 0 Å². The maximum atomic E-state index is 9.70. The summed E-state index contributed by atoms with van der Waals surface area (Å²) in [7, 11) is 0. The standard InChI is InChI=1S/C19H14O2/c1-11-8-19-15-6-3-13(20)9-12(15)2-5-17(19)16-7-4-14(21)10-18(11)16/h2-10,20-21H,1H3. The van der Waals surface area contributed by atoms with Crippen LogP contribution in [-0.2, 0) is 0 Å². The van der Waals surface area contributed by atoms with Crippen molar-refractivity contribution < 1.29 is 10.2 Å². The number of phenols is 2. The second-order valence-corrected chi connectivity index (χ2v) is 5.49. The molecule has 0 heterocycles. The Balaban J connectivity index is 2.26. The number of hydrogen-bond donors (Lipinski definition) is 2. The quantitative estimate of drug-likeness (QED) is 0.449. The lowest BCUT2D eigenvalue weighted by Crippen LogP contribution is -1.84. The fraction of sp³-hybridized carbons (Fsp3) is 0.0526. The van der Waals surface area contributed by atoms with Gasteiger partial charge in [-0.05, 0) is 69.1 Å². The molecule has 0 atom stereocenters. The largest absolute Gasteiger partial charge is 0.508 e. The highest BCUT2D eigenvalue weighted by molar-refractivity contribution is 6.18. The fourth-order valence-corrected chi connectivity index (χ4v) is 3.12. The van der Waals surface area contributed by atoms with Gasteiger partial charge in [-0.25, -0.2) is 0 Å². The fourth-order valence-electron chi connectivity index (χ4n) is 3.12. The summed E-state index contributed by atoms with van der Waals surface area (Å²) in [6.07, 6.45) is 0. The van der Waals surface area contributed by atoms with Gasteiger partial charge in [-0.2, -0.15) is 0 Å². The smallest absolute Gasteiger partial charge is 0.116 e. The predicted molar refractivity (Wildman–Crippen MR) is 87.0 cm³/mol. The van der Waals surface area contributed by atoms with Gasteiger partial charge in [0.25, 0.3) is 0 Å². The lowest BCUT2D eigenvalue weighted by atomic mass is 9.94. The van der Waals surface area contributed by atoms with E-state index in [1.165, 1.54) is 5.39 Å². The van der Waals surface area contributed by atoms with E-state index in [-0.39, 0.29) is 11.5 Å². The Hall–Kier alpha value is -2.74. The molecule has 102 valence electrons. The third-order valence-electron chi connectivity index (χ3n) is 4.12. The molecule has 21 heavy (non-hydrogen) atoms. The van der Waals surface area contributed by atoms with Crippen LogP contribution in [0.3, 0.4) is 0 Å². The van der Waals surface area contributed by atoms with Crippen LogP contribution in [0.5, 0.6) is 11.5 Å². The summed E-state index contributed by atoms with van der Waals surface area (Å²) in [5.41, 5.74) is 1.13. The van der Waals surface area contributed by atoms with Crippen LogP contribution in [0.25, 0.3) is 32.3 Å². The van der Waals surface area contributed by atoms with E-state index in [1.54, 1.807) is 18.2 Å². The highest BCUT2D eigenvalue weighted by Gasteiger charge is 2.08. The molecule has 2 heteroatoms. The minimum absolute atomic E-state index is 0.282. The molecule has 0 radical (unpaired) electrons. The molecule has 0 saturated carbocycles. The third-order valence-corrected chi connectivity index (χ3v) is 4.12. The summed E-state index contributed by atoms with van der Waals surface area (Å²) in [4.78, 5) is 0. The molecular weight excluding hydrogens is 260 g/mol. The molecule has 0 amide bonds. The number of benzene rings is 4.